The molecule has 0 aromatic carbocycles. The molecule has 0 aliphatic carbocycles. The molecule has 0 saturated heterocycles. The molecule has 0 aliphatic rings. The van der Waals surface area contributed by atoms with Gasteiger partial charge in [0.1, 0.15) is 0 Å². The molecule has 0 spiro atoms. The highest BCUT2D eigenvalue weighted by Crippen LogP contribution is 2.10. The lowest BCUT2D eigenvalue weighted by atomic mass is 10.1. The van der Waals surface area contributed by atoms with Crippen molar-refractivity contribution in [3.8, 4) is 0 Å². The molecular formula is C31H61N3O4. The highest BCUT2D eigenvalue weighted by atomic mass is 16.4. The predicted molar refractivity (Wildman–Crippen MR) is 160 cm³/mol. The molecule has 2 amide bonds. The molecule has 0 saturated carbocycles. The SMILES string of the molecule is C=CC(=O)O.CCCCCCCCCCCCNC(=O)CCC(=O)NCCCCN(CCCC)CCCC. The van der Waals surface area contributed by atoms with E-state index < -0.39 is 5.97 Å². The number of nitrogens with zero attached hydrogens (tertiary/aromatic N) is 1. The largest absolute Gasteiger partial charge is 0.478 e. The van der Waals surface area contributed by atoms with Crippen molar-refractivity contribution < 1.29 is 19.5 Å². The first-order chi connectivity index (χ1) is 18.4. The van der Waals surface area contributed by atoms with E-state index in [0.717, 1.165) is 38.4 Å². The van der Waals surface area contributed by atoms with E-state index in [2.05, 4.69) is 42.9 Å². The second kappa shape index (κ2) is 31.3. The molecular weight excluding hydrogens is 478 g/mol. The van der Waals surface area contributed by atoms with Crippen LogP contribution >= 0.6 is 0 Å². The molecule has 0 fully saturated rings. The Hall–Kier alpha value is -1.89. The monoisotopic (exact) mass is 539 g/mol. The van der Waals surface area contributed by atoms with Gasteiger partial charge in [-0.3, -0.25) is 9.59 Å². The van der Waals surface area contributed by atoms with Crippen molar-refractivity contribution in [3.05, 3.63) is 12.7 Å². The Morgan fingerprint density at radius 3 is 1.34 bits per heavy atom. The minimum atomic E-state index is -0.981. The zero-order valence-corrected chi connectivity index (χ0v) is 25.2. The van der Waals surface area contributed by atoms with Crippen LogP contribution in [-0.2, 0) is 14.4 Å². The number of carbonyl (C=O) groups excluding carboxylic acids is 2. The minimum absolute atomic E-state index is 0.00194. The summed E-state index contributed by atoms with van der Waals surface area (Å²) in [6.07, 6.45) is 21.5. The summed E-state index contributed by atoms with van der Waals surface area (Å²) in [6.45, 7) is 14.7. The quantitative estimate of drug-likeness (QED) is 0.0824. The number of unbranched alkanes of at least 4 members (excludes halogenated alkanes) is 12. The van der Waals surface area contributed by atoms with Crippen molar-refractivity contribution in [1.29, 1.82) is 0 Å². The third kappa shape index (κ3) is 32.1. The smallest absolute Gasteiger partial charge is 0.327 e. The van der Waals surface area contributed by atoms with Gasteiger partial charge in [0.05, 0.1) is 0 Å². The van der Waals surface area contributed by atoms with E-state index in [1.54, 1.807) is 0 Å². The summed E-state index contributed by atoms with van der Waals surface area (Å²) in [5, 5.41) is 13.5. The van der Waals surface area contributed by atoms with Crippen molar-refractivity contribution >= 4 is 17.8 Å². The third-order valence-corrected chi connectivity index (χ3v) is 6.49. The molecule has 3 N–H and O–H groups in total. The van der Waals surface area contributed by atoms with E-state index in [1.165, 1.54) is 96.6 Å². The van der Waals surface area contributed by atoms with Gasteiger partial charge >= 0.3 is 5.97 Å². The Morgan fingerprint density at radius 2 is 0.947 bits per heavy atom. The van der Waals surface area contributed by atoms with Gasteiger partial charge in [-0.15, -0.1) is 0 Å². The first-order valence-corrected chi connectivity index (χ1v) is 15.5. The number of nitrogens with one attached hydrogen (secondary N) is 2. The molecule has 38 heavy (non-hydrogen) atoms. The number of carboxylic acids is 1. The number of aliphatic carboxylic acids is 1. The Morgan fingerprint density at radius 1 is 0.605 bits per heavy atom. The van der Waals surface area contributed by atoms with Crippen LogP contribution in [-0.4, -0.2) is 60.5 Å². The average Bonchev–Trinajstić information content (AvgIpc) is 2.91. The highest BCUT2D eigenvalue weighted by Gasteiger charge is 2.07. The van der Waals surface area contributed by atoms with Gasteiger partial charge in [-0.2, -0.15) is 0 Å². The topological polar surface area (TPSA) is 98.7 Å². The van der Waals surface area contributed by atoms with Gasteiger partial charge in [0.2, 0.25) is 11.8 Å². The minimum Gasteiger partial charge on any atom is -0.478 e. The van der Waals surface area contributed by atoms with Gasteiger partial charge < -0.3 is 20.6 Å². The molecule has 0 bridgehead atoms. The van der Waals surface area contributed by atoms with Gasteiger partial charge in [0.25, 0.3) is 0 Å². The molecule has 0 heterocycles. The maximum Gasteiger partial charge on any atom is 0.327 e. The summed E-state index contributed by atoms with van der Waals surface area (Å²) in [7, 11) is 0. The van der Waals surface area contributed by atoms with Crippen molar-refractivity contribution in [2.75, 3.05) is 32.7 Å². The third-order valence-electron chi connectivity index (χ3n) is 6.49. The number of carboxylic acid groups (broad SMARTS) is 1. The normalized spacial score (nSPS) is 10.5. The van der Waals surface area contributed by atoms with Gasteiger partial charge in [-0.05, 0) is 51.7 Å². The molecule has 7 heteroatoms. The molecule has 0 aromatic heterocycles. The fraction of sp³-hybridized carbons (Fsp3) is 0.839. The van der Waals surface area contributed by atoms with E-state index in [9.17, 15) is 14.4 Å². The summed E-state index contributed by atoms with van der Waals surface area (Å²) < 4.78 is 0. The molecule has 0 radical (unpaired) electrons. The van der Waals surface area contributed by atoms with Gasteiger partial charge in [0, 0.05) is 32.0 Å². The lowest BCUT2D eigenvalue weighted by Gasteiger charge is -2.21. The molecule has 0 rings (SSSR count). The summed E-state index contributed by atoms with van der Waals surface area (Å²) in [4.78, 5) is 35.7. The van der Waals surface area contributed by atoms with Gasteiger partial charge in [0.15, 0.2) is 0 Å². The number of hydrogen-bond donors (Lipinski definition) is 3. The Labute approximate surface area is 234 Å². The first kappa shape index (κ1) is 38.3. The molecule has 7 nitrogen and oxygen atoms in total. The van der Waals surface area contributed by atoms with E-state index >= 15 is 0 Å². The number of hydrogen-bond acceptors (Lipinski definition) is 4. The average molecular weight is 540 g/mol. The number of rotatable bonds is 26. The fourth-order valence-corrected chi connectivity index (χ4v) is 4.03. The van der Waals surface area contributed by atoms with E-state index in [-0.39, 0.29) is 11.8 Å². The molecule has 0 aromatic rings. The summed E-state index contributed by atoms with van der Waals surface area (Å²) >= 11 is 0. The van der Waals surface area contributed by atoms with Gasteiger partial charge in [-0.25, -0.2) is 4.79 Å². The Balaban J connectivity index is 0. The fourth-order valence-electron chi connectivity index (χ4n) is 4.03. The zero-order chi connectivity index (χ0) is 28.7. The van der Waals surface area contributed by atoms with E-state index in [0.29, 0.717) is 19.4 Å². The predicted octanol–water partition coefficient (Wildman–Crippen LogP) is 6.86. The first-order valence-electron chi connectivity index (χ1n) is 15.5. The maximum atomic E-state index is 12.0. The second-order valence-corrected chi connectivity index (χ2v) is 10.2. The zero-order valence-electron chi connectivity index (χ0n) is 25.2. The lowest BCUT2D eigenvalue weighted by Crippen LogP contribution is -2.30. The Bertz CT molecular complexity index is 561. The number of amides is 2. The van der Waals surface area contributed by atoms with Crippen LogP contribution in [0.3, 0.4) is 0 Å². The van der Waals surface area contributed by atoms with Crippen LogP contribution in [0.5, 0.6) is 0 Å². The Kier molecular flexibility index (Phi) is 31.5. The summed E-state index contributed by atoms with van der Waals surface area (Å²) in [5.41, 5.74) is 0. The molecule has 224 valence electrons. The van der Waals surface area contributed by atoms with E-state index in [1.807, 2.05) is 0 Å². The van der Waals surface area contributed by atoms with Crippen LogP contribution in [0.25, 0.3) is 0 Å². The lowest BCUT2D eigenvalue weighted by molar-refractivity contribution is -0.131. The van der Waals surface area contributed by atoms with Crippen molar-refractivity contribution in [1.82, 2.24) is 15.5 Å². The summed E-state index contributed by atoms with van der Waals surface area (Å²) in [6, 6.07) is 0. The van der Waals surface area contributed by atoms with Crippen molar-refractivity contribution in [2.45, 2.75) is 136 Å². The van der Waals surface area contributed by atoms with Gasteiger partial charge in [-0.1, -0.05) is 98.0 Å². The molecule has 0 atom stereocenters. The van der Waals surface area contributed by atoms with Crippen LogP contribution in [0.1, 0.15) is 136 Å². The van der Waals surface area contributed by atoms with Crippen LogP contribution in [0.15, 0.2) is 12.7 Å². The van der Waals surface area contributed by atoms with Crippen molar-refractivity contribution in [2.24, 2.45) is 0 Å². The van der Waals surface area contributed by atoms with Crippen LogP contribution in [0.2, 0.25) is 0 Å². The maximum absolute atomic E-state index is 12.0. The molecule has 0 unspecified atom stereocenters. The standard InChI is InChI=1S/C28H57N3O2.C3H4O2/c1-4-7-10-11-12-13-14-15-16-17-22-29-27(32)20-21-28(33)30-23-18-19-26-31(24-8-5-2)25-9-6-3;1-2-3(4)5/h4-26H2,1-3H3,(H,29,32)(H,30,33);2H,1H2,(H,4,5). The number of carbonyl (C=O) groups is 3. The van der Waals surface area contributed by atoms with Crippen molar-refractivity contribution in [3.63, 3.8) is 0 Å². The summed E-state index contributed by atoms with van der Waals surface area (Å²) in [5.74, 6) is -0.980. The second-order valence-electron chi connectivity index (χ2n) is 10.2. The van der Waals surface area contributed by atoms with Crippen LogP contribution in [0, 0.1) is 0 Å². The van der Waals surface area contributed by atoms with Crippen LogP contribution < -0.4 is 10.6 Å². The highest BCUT2D eigenvalue weighted by molar-refractivity contribution is 5.83. The molecule has 0 aliphatic heterocycles. The van der Waals surface area contributed by atoms with E-state index in [4.69, 9.17) is 5.11 Å². The van der Waals surface area contributed by atoms with Crippen LogP contribution in [0.4, 0.5) is 0 Å².